The molecule has 2 aliphatic carbocycles. The molecule has 1 atom stereocenters. The minimum Gasteiger partial charge on any atom is -0.374 e. The zero-order valence-electron chi connectivity index (χ0n) is 20.0. The maximum absolute atomic E-state index is 15.5. The zero-order valence-corrected chi connectivity index (χ0v) is 20.0. The molecule has 1 fully saturated rings. The third-order valence-electron chi connectivity index (χ3n) is 8.05. The first kappa shape index (κ1) is 23.6. The number of fused-ring (bicyclic) bond motifs is 3. The Hall–Kier alpha value is -2.14. The molecule has 1 aliphatic heterocycles. The van der Waals surface area contributed by atoms with E-state index in [2.05, 4.69) is 13.0 Å². The van der Waals surface area contributed by atoms with Gasteiger partial charge in [0.05, 0.1) is 12.7 Å². The molecule has 2 aromatic rings. The van der Waals surface area contributed by atoms with Crippen LogP contribution in [0.3, 0.4) is 0 Å². The van der Waals surface area contributed by atoms with Crippen molar-refractivity contribution in [3.63, 3.8) is 0 Å². The molecule has 0 saturated heterocycles. The number of ether oxygens (including phenoxy) is 1. The normalized spacial score (nSPS) is 24.4. The molecule has 1 heterocycles. The van der Waals surface area contributed by atoms with Crippen LogP contribution < -0.4 is 0 Å². The second-order valence-electron chi connectivity index (χ2n) is 10.3. The molecule has 1 unspecified atom stereocenters. The summed E-state index contributed by atoms with van der Waals surface area (Å²) in [6, 6.07) is 3.36. The van der Waals surface area contributed by atoms with Gasteiger partial charge in [-0.25, -0.2) is 17.6 Å². The summed E-state index contributed by atoms with van der Waals surface area (Å²) in [4.78, 5) is 0. The summed E-state index contributed by atoms with van der Waals surface area (Å²) < 4.78 is 66.4. The van der Waals surface area contributed by atoms with E-state index in [1.807, 2.05) is 6.92 Å². The summed E-state index contributed by atoms with van der Waals surface area (Å²) in [5, 5.41) is 0. The van der Waals surface area contributed by atoms with Gasteiger partial charge in [0.2, 0.25) is 0 Å². The number of aryl methyl sites for hydroxylation is 3. The van der Waals surface area contributed by atoms with E-state index in [-0.39, 0.29) is 23.1 Å². The van der Waals surface area contributed by atoms with Crippen molar-refractivity contribution in [2.75, 3.05) is 6.61 Å². The van der Waals surface area contributed by atoms with E-state index < -0.39 is 23.3 Å². The van der Waals surface area contributed by atoms with E-state index in [0.717, 1.165) is 32.1 Å². The van der Waals surface area contributed by atoms with Crippen LogP contribution in [0.25, 0.3) is 11.1 Å². The first-order valence-electron chi connectivity index (χ1n) is 12.7. The largest absolute Gasteiger partial charge is 0.374 e. The highest BCUT2D eigenvalue weighted by Gasteiger charge is 2.33. The molecule has 182 valence electrons. The summed E-state index contributed by atoms with van der Waals surface area (Å²) in [6.45, 7) is 4.64. The van der Waals surface area contributed by atoms with Gasteiger partial charge < -0.3 is 4.74 Å². The van der Waals surface area contributed by atoms with Crippen LogP contribution in [0.2, 0.25) is 0 Å². The van der Waals surface area contributed by atoms with Gasteiger partial charge in [-0.05, 0) is 98.0 Å². The van der Waals surface area contributed by atoms with Gasteiger partial charge in [0.15, 0.2) is 23.3 Å². The first-order chi connectivity index (χ1) is 16.4. The first-order valence-corrected chi connectivity index (χ1v) is 12.7. The Bertz CT molecular complexity index is 1130. The van der Waals surface area contributed by atoms with Gasteiger partial charge in [0, 0.05) is 11.1 Å². The number of hydrogen-bond donors (Lipinski definition) is 0. The topological polar surface area (TPSA) is 9.23 Å². The summed E-state index contributed by atoms with van der Waals surface area (Å²) in [5.41, 5.74) is 3.01. The molecular weight excluding hydrogens is 440 g/mol. The van der Waals surface area contributed by atoms with Crippen LogP contribution in [-0.2, 0) is 24.0 Å². The smallest absolute Gasteiger partial charge is 0.167 e. The van der Waals surface area contributed by atoms with E-state index in [9.17, 15) is 4.39 Å². The van der Waals surface area contributed by atoms with Gasteiger partial charge >= 0.3 is 0 Å². The SMILES string of the molecule is CCCc1cc2c(c(F)c1F)-c1c(cc(C3CCC(C4=CCC(C)OC4)CC3)c(F)c1F)CC2. The maximum Gasteiger partial charge on any atom is 0.167 e. The lowest BCUT2D eigenvalue weighted by molar-refractivity contribution is 0.0678. The lowest BCUT2D eigenvalue weighted by Gasteiger charge is -2.33. The van der Waals surface area contributed by atoms with Gasteiger partial charge in [-0.1, -0.05) is 31.6 Å². The molecule has 1 saturated carbocycles. The Morgan fingerprint density at radius 1 is 0.824 bits per heavy atom. The molecule has 0 bridgehead atoms. The minimum absolute atomic E-state index is 0.0602. The van der Waals surface area contributed by atoms with Crippen molar-refractivity contribution in [2.45, 2.75) is 83.7 Å². The summed E-state index contributed by atoms with van der Waals surface area (Å²) in [6.07, 6.45) is 9.00. The van der Waals surface area contributed by atoms with E-state index in [1.54, 1.807) is 12.1 Å². The van der Waals surface area contributed by atoms with Crippen LogP contribution in [-0.4, -0.2) is 12.7 Å². The van der Waals surface area contributed by atoms with Crippen molar-refractivity contribution in [1.29, 1.82) is 0 Å². The van der Waals surface area contributed by atoms with Crippen LogP contribution in [0.1, 0.15) is 80.5 Å². The average molecular weight is 473 g/mol. The highest BCUT2D eigenvalue weighted by Crippen LogP contribution is 2.45. The Kier molecular flexibility index (Phi) is 6.58. The monoisotopic (exact) mass is 472 g/mol. The molecule has 1 nitrogen and oxygen atoms in total. The Morgan fingerprint density at radius 2 is 1.44 bits per heavy atom. The van der Waals surface area contributed by atoms with Crippen LogP contribution in [0.15, 0.2) is 23.8 Å². The molecule has 0 radical (unpaired) electrons. The van der Waals surface area contributed by atoms with Crippen molar-refractivity contribution >= 4 is 0 Å². The van der Waals surface area contributed by atoms with Gasteiger partial charge in [-0.15, -0.1) is 0 Å². The van der Waals surface area contributed by atoms with Gasteiger partial charge in [-0.3, -0.25) is 0 Å². The molecule has 0 spiro atoms. The highest BCUT2D eigenvalue weighted by molar-refractivity contribution is 5.75. The fourth-order valence-corrected chi connectivity index (χ4v) is 6.13. The summed E-state index contributed by atoms with van der Waals surface area (Å²) >= 11 is 0. The third-order valence-corrected chi connectivity index (χ3v) is 8.05. The predicted molar refractivity (Wildman–Crippen MR) is 126 cm³/mol. The van der Waals surface area contributed by atoms with Crippen molar-refractivity contribution in [3.05, 3.63) is 69.3 Å². The standard InChI is InChI=1S/C29H32F4O/c1-3-4-21-13-19-11-12-20-14-23(27(31)29(33)25(20)24(19)28(32)26(21)30)18-9-7-17(8-10-18)22-6-5-16(2)34-15-22/h6,13-14,16-18H,3-5,7-12,15H2,1-2H3. The highest BCUT2D eigenvalue weighted by atomic mass is 19.2. The van der Waals surface area contributed by atoms with Crippen LogP contribution in [0.5, 0.6) is 0 Å². The fourth-order valence-electron chi connectivity index (χ4n) is 6.13. The van der Waals surface area contributed by atoms with E-state index in [4.69, 9.17) is 4.74 Å². The van der Waals surface area contributed by atoms with Gasteiger partial charge in [0.1, 0.15) is 0 Å². The van der Waals surface area contributed by atoms with Gasteiger partial charge in [0.25, 0.3) is 0 Å². The lowest BCUT2D eigenvalue weighted by atomic mass is 9.74. The second-order valence-corrected chi connectivity index (χ2v) is 10.3. The lowest BCUT2D eigenvalue weighted by Crippen LogP contribution is -2.23. The van der Waals surface area contributed by atoms with E-state index in [1.165, 1.54) is 5.57 Å². The van der Waals surface area contributed by atoms with Crippen molar-refractivity contribution in [2.24, 2.45) is 5.92 Å². The molecule has 34 heavy (non-hydrogen) atoms. The molecule has 2 aromatic carbocycles. The van der Waals surface area contributed by atoms with Crippen LogP contribution in [0, 0.1) is 29.2 Å². The molecular formula is C29H32F4O. The fraction of sp³-hybridized carbons (Fsp3) is 0.517. The molecule has 3 aliphatic rings. The van der Waals surface area contributed by atoms with Crippen molar-refractivity contribution in [3.8, 4) is 11.1 Å². The van der Waals surface area contributed by atoms with Crippen LogP contribution >= 0.6 is 0 Å². The number of hydrogen-bond acceptors (Lipinski definition) is 1. The Morgan fingerprint density at radius 3 is 2.06 bits per heavy atom. The number of halogens is 4. The average Bonchev–Trinajstić information content (AvgIpc) is 2.85. The third kappa shape index (κ3) is 4.10. The summed E-state index contributed by atoms with van der Waals surface area (Å²) in [7, 11) is 0. The quantitative estimate of drug-likeness (QED) is 0.324. The minimum atomic E-state index is -1.05. The summed E-state index contributed by atoms with van der Waals surface area (Å²) in [5.74, 6) is -3.54. The molecule has 5 heteroatoms. The van der Waals surface area contributed by atoms with E-state index in [0.29, 0.717) is 60.5 Å². The van der Waals surface area contributed by atoms with E-state index >= 15 is 13.2 Å². The molecule has 0 N–H and O–H groups in total. The second kappa shape index (κ2) is 9.49. The van der Waals surface area contributed by atoms with Crippen molar-refractivity contribution in [1.82, 2.24) is 0 Å². The molecule has 0 amide bonds. The Labute approximate surface area is 199 Å². The van der Waals surface area contributed by atoms with Gasteiger partial charge in [-0.2, -0.15) is 0 Å². The molecule has 0 aromatic heterocycles. The maximum atomic E-state index is 15.5. The number of rotatable bonds is 4. The molecule has 5 rings (SSSR count). The number of benzene rings is 2. The zero-order chi connectivity index (χ0) is 24.0. The van der Waals surface area contributed by atoms with Crippen molar-refractivity contribution < 1.29 is 22.3 Å². The predicted octanol–water partition coefficient (Wildman–Crippen LogP) is 7.97. The van der Waals surface area contributed by atoms with Crippen LogP contribution in [0.4, 0.5) is 17.6 Å². The Balaban J connectivity index is 1.43.